The van der Waals surface area contributed by atoms with Crippen molar-refractivity contribution in [3.63, 3.8) is 0 Å². The van der Waals surface area contributed by atoms with Gasteiger partial charge in [0.05, 0.1) is 31.0 Å². The number of hydrogen-bond donors (Lipinski definition) is 1. The maximum atomic E-state index is 12.7. The van der Waals surface area contributed by atoms with Crippen LogP contribution in [0.2, 0.25) is 0 Å². The van der Waals surface area contributed by atoms with Crippen molar-refractivity contribution < 1.29 is 27.4 Å². The SMILES string of the molecule is Nc1ccc(Oc2ccc(C(F)(F)F)cc2)c(CC2CO2)c1CC1CO1. The molecule has 0 bridgehead atoms. The fraction of sp³-hybridized carbons (Fsp3) is 0.368. The maximum absolute atomic E-state index is 12.7. The second kappa shape index (κ2) is 6.48. The summed E-state index contributed by atoms with van der Waals surface area (Å²) in [6.07, 6.45) is -2.73. The largest absolute Gasteiger partial charge is 0.457 e. The van der Waals surface area contributed by atoms with Crippen molar-refractivity contribution in [2.24, 2.45) is 0 Å². The zero-order chi connectivity index (χ0) is 18.3. The Labute approximate surface area is 148 Å². The molecule has 26 heavy (non-hydrogen) atoms. The van der Waals surface area contributed by atoms with Gasteiger partial charge in [0.1, 0.15) is 11.5 Å². The van der Waals surface area contributed by atoms with Gasteiger partial charge in [0.15, 0.2) is 0 Å². The highest BCUT2D eigenvalue weighted by Gasteiger charge is 2.31. The van der Waals surface area contributed by atoms with E-state index in [0.29, 0.717) is 43.2 Å². The summed E-state index contributed by atoms with van der Waals surface area (Å²) in [4.78, 5) is 0. The van der Waals surface area contributed by atoms with Crippen LogP contribution in [0.25, 0.3) is 0 Å². The highest BCUT2D eigenvalue weighted by molar-refractivity contribution is 5.58. The lowest BCUT2D eigenvalue weighted by Gasteiger charge is -2.17. The fourth-order valence-electron chi connectivity index (χ4n) is 2.92. The minimum Gasteiger partial charge on any atom is -0.457 e. The van der Waals surface area contributed by atoms with Gasteiger partial charge < -0.3 is 19.9 Å². The van der Waals surface area contributed by atoms with Gasteiger partial charge in [0.2, 0.25) is 0 Å². The Morgan fingerprint density at radius 2 is 1.50 bits per heavy atom. The van der Waals surface area contributed by atoms with Crippen molar-refractivity contribution in [3.8, 4) is 11.5 Å². The molecule has 0 radical (unpaired) electrons. The van der Waals surface area contributed by atoms with Crippen LogP contribution in [0, 0.1) is 0 Å². The van der Waals surface area contributed by atoms with E-state index in [-0.39, 0.29) is 12.2 Å². The lowest BCUT2D eigenvalue weighted by molar-refractivity contribution is -0.137. The molecule has 2 aromatic rings. The molecule has 138 valence electrons. The summed E-state index contributed by atoms with van der Waals surface area (Å²) in [5.41, 5.74) is 8.00. The van der Waals surface area contributed by atoms with Gasteiger partial charge in [-0.25, -0.2) is 0 Å². The van der Waals surface area contributed by atoms with Crippen LogP contribution in [0.15, 0.2) is 36.4 Å². The zero-order valence-electron chi connectivity index (χ0n) is 13.9. The van der Waals surface area contributed by atoms with Crippen molar-refractivity contribution in [3.05, 3.63) is 53.1 Å². The van der Waals surface area contributed by atoms with Gasteiger partial charge in [-0.05, 0) is 42.0 Å². The number of alkyl halides is 3. The molecular formula is C19H18F3NO3. The molecule has 2 aromatic carbocycles. The summed E-state index contributed by atoms with van der Waals surface area (Å²) in [5.74, 6) is 0.930. The first kappa shape index (κ1) is 17.2. The Morgan fingerprint density at radius 1 is 0.923 bits per heavy atom. The number of epoxide rings is 2. The molecule has 4 nitrogen and oxygen atoms in total. The number of rotatable bonds is 6. The molecule has 2 heterocycles. The molecule has 4 rings (SSSR count). The maximum Gasteiger partial charge on any atom is 0.416 e. The van der Waals surface area contributed by atoms with Crippen LogP contribution < -0.4 is 10.5 Å². The summed E-state index contributed by atoms with van der Waals surface area (Å²) in [6, 6.07) is 8.17. The van der Waals surface area contributed by atoms with Gasteiger partial charge in [0.25, 0.3) is 0 Å². The Bertz CT molecular complexity index is 797. The molecule has 2 unspecified atom stereocenters. The summed E-state index contributed by atoms with van der Waals surface area (Å²) in [6.45, 7) is 1.40. The van der Waals surface area contributed by atoms with Crippen molar-refractivity contribution >= 4 is 5.69 Å². The number of nitrogen functional groups attached to an aromatic ring is 1. The van der Waals surface area contributed by atoms with E-state index in [1.807, 2.05) is 0 Å². The van der Waals surface area contributed by atoms with Crippen LogP contribution >= 0.6 is 0 Å². The molecule has 7 heteroatoms. The molecule has 2 N–H and O–H groups in total. The van der Waals surface area contributed by atoms with Crippen molar-refractivity contribution in [2.45, 2.75) is 31.2 Å². The van der Waals surface area contributed by atoms with Crippen LogP contribution in [-0.4, -0.2) is 25.4 Å². The number of benzene rings is 2. The van der Waals surface area contributed by atoms with Gasteiger partial charge in [-0.15, -0.1) is 0 Å². The average molecular weight is 365 g/mol. The third-order valence-corrected chi connectivity index (χ3v) is 4.50. The van der Waals surface area contributed by atoms with E-state index < -0.39 is 11.7 Å². The van der Waals surface area contributed by atoms with Crippen LogP contribution in [0.5, 0.6) is 11.5 Å². The Balaban J connectivity index is 1.62. The van der Waals surface area contributed by atoms with Gasteiger partial charge >= 0.3 is 6.18 Å². The highest BCUT2D eigenvalue weighted by atomic mass is 19.4. The standard InChI is InChI=1S/C19H18F3NO3/c20-19(21,22)11-1-3-12(4-2-11)26-18-6-5-17(23)15(7-13-9-24-13)16(18)8-14-10-25-14/h1-6,13-14H,7-10,23H2. The second-order valence-electron chi connectivity index (χ2n) is 6.55. The molecular weight excluding hydrogens is 347 g/mol. The Kier molecular flexibility index (Phi) is 4.28. The molecule has 0 aromatic heterocycles. The molecule has 0 saturated carbocycles. The summed E-state index contributed by atoms with van der Waals surface area (Å²) < 4.78 is 54.6. The van der Waals surface area contributed by atoms with Crippen molar-refractivity contribution in [2.75, 3.05) is 18.9 Å². The Hall–Kier alpha value is -2.25. The zero-order valence-corrected chi connectivity index (χ0v) is 13.9. The normalized spacial score (nSPS) is 21.5. The molecule has 0 aliphatic carbocycles. The number of halogens is 3. The first-order chi connectivity index (χ1) is 12.4. The monoisotopic (exact) mass is 365 g/mol. The van der Waals surface area contributed by atoms with Crippen LogP contribution in [0.3, 0.4) is 0 Å². The molecule has 2 aliphatic rings. The molecule has 2 aliphatic heterocycles. The van der Waals surface area contributed by atoms with Crippen LogP contribution in [-0.2, 0) is 28.5 Å². The number of hydrogen-bond acceptors (Lipinski definition) is 4. The molecule has 0 amide bonds. The second-order valence-corrected chi connectivity index (χ2v) is 6.55. The lowest BCUT2D eigenvalue weighted by atomic mass is 9.96. The Morgan fingerprint density at radius 3 is 2.04 bits per heavy atom. The van der Waals surface area contributed by atoms with E-state index in [1.165, 1.54) is 12.1 Å². The highest BCUT2D eigenvalue weighted by Crippen LogP contribution is 2.37. The van der Waals surface area contributed by atoms with Gasteiger partial charge in [-0.2, -0.15) is 13.2 Å². The minimum absolute atomic E-state index is 0.130. The third-order valence-electron chi connectivity index (χ3n) is 4.50. The predicted molar refractivity (Wildman–Crippen MR) is 89.3 cm³/mol. The topological polar surface area (TPSA) is 60.3 Å². The van der Waals surface area contributed by atoms with E-state index in [2.05, 4.69) is 0 Å². The smallest absolute Gasteiger partial charge is 0.416 e. The van der Waals surface area contributed by atoms with E-state index in [1.54, 1.807) is 12.1 Å². The number of anilines is 1. The van der Waals surface area contributed by atoms with E-state index >= 15 is 0 Å². The van der Waals surface area contributed by atoms with Gasteiger partial charge in [0, 0.05) is 24.1 Å². The third kappa shape index (κ3) is 3.94. The molecule has 2 saturated heterocycles. The molecule has 0 spiro atoms. The summed E-state index contributed by atoms with van der Waals surface area (Å²) in [5, 5.41) is 0. The lowest BCUT2D eigenvalue weighted by Crippen LogP contribution is -2.08. The first-order valence-electron chi connectivity index (χ1n) is 8.38. The van der Waals surface area contributed by atoms with Crippen molar-refractivity contribution in [1.29, 1.82) is 0 Å². The van der Waals surface area contributed by atoms with Crippen LogP contribution in [0.4, 0.5) is 18.9 Å². The number of nitrogens with two attached hydrogens (primary N) is 1. The minimum atomic E-state index is -4.37. The van der Waals surface area contributed by atoms with Gasteiger partial charge in [-0.1, -0.05) is 0 Å². The number of ether oxygens (including phenoxy) is 3. The van der Waals surface area contributed by atoms with Gasteiger partial charge in [-0.3, -0.25) is 0 Å². The summed E-state index contributed by atoms with van der Waals surface area (Å²) in [7, 11) is 0. The van der Waals surface area contributed by atoms with E-state index in [0.717, 1.165) is 23.3 Å². The van der Waals surface area contributed by atoms with Crippen molar-refractivity contribution in [1.82, 2.24) is 0 Å². The first-order valence-corrected chi connectivity index (χ1v) is 8.38. The predicted octanol–water partition coefficient (Wildman–Crippen LogP) is 3.96. The molecule has 2 atom stereocenters. The molecule has 2 fully saturated rings. The average Bonchev–Trinajstić information content (AvgIpc) is 3.49. The van der Waals surface area contributed by atoms with E-state index in [9.17, 15) is 13.2 Å². The quantitative estimate of drug-likeness (QED) is 0.622. The fourth-order valence-corrected chi connectivity index (χ4v) is 2.92. The van der Waals surface area contributed by atoms with Crippen LogP contribution in [0.1, 0.15) is 16.7 Å². The summed E-state index contributed by atoms with van der Waals surface area (Å²) >= 11 is 0. The van der Waals surface area contributed by atoms with E-state index in [4.69, 9.17) is 19.9 Å².